The molecule has 0 aliphatic heterocycles. The van der Waals surface area contributed by atoms with Crippen LogP contribution in [0.25, 0.3) is 0 Å². The van der Waals surface area contributed by atoms with Crippen LogP contribution in [0.2, 0.25) is 0 Å². The minimum Gasteiger partial charge on any atom is -0.0617 e. The third-order valence-electron chi connectivity index (χ3n) is 13.8. The fraction of sp³-hybridized carbons (Fsp3) is 1.00. The molecule has 4 unspecified atom stereocenters. The zero-order chi connectivity index (χ0) is 21.2. The van der Waals surface area contributed by atoms with E-state index in [0.717, 1.165) is 0 Å². The Morgan fingerprint density at radius 1 is 0.346 bits per heavy atom. The number of fused-ring (bicyclic) bond motifs is 1. The highest BCUT2D eigenvalue weighted by Gasteiger charge is 2.83. The molecule has 4 atom stereocenters. The van der Waals surface area contributed by atoms with Crippen molar-refractivity contribution in [3.8, 4) is 0 Å². The lowest BCUT2D eigenvalue weighted by atomic mass is 9.18. The van der Waals surface area contributed by atoms with Gasteiger partial charge in [0, 0.05) is 0 Å². The standard InChI is InChI=1S/C26H50/c1-17-18(2)20(5,6)26(16)24(13,14)22(9,10)21(7,8)23(11,12)25(26,15)19(17,3)4/h17-18H,1-16H3. The van der Waals surface area contributed by atoms with Crippen LogP contribution < -0.4 is 0 Å². The van der Waals surface area contributed by atoms with Gasteiger partial charge in [0.25, 0.3) is 0 Å². The third kappa shape index (κ3) is 1.64. The van der Waals surface area contributed by atoms with Crippen LogP contribution in [0, 0.1) is 55.2 Å². The van der Waals surface area contributed by atoms with Crippen molar-refractivity contribution in [1.29, 1.82) is 0 Å². The van der Waals surface area contributed by atoms with Gasteiger partial charge in [-0.1, -0.05) is 111 Å². The molecule has 2 rings (SSSR count). The molecule has 2 aliphatic carbocycles. The highest BCUT2D eigenvalue weighted by Crippen LogP contribution is 2.88. The molecule has 0 spiro atoms. The smallest absolute Gasteiger partial charge is 0.0151 e. The molecule has 0 aromatic heterocycles. The molecular weight excluding hydrogens is 312 g/mol. The minimum atomic E-state index is 0.211. The molecular formula is C26H50. The molecule has 0 amide bonds. The lowest BCUT2D eigenvalue weighted by molar-refractivity contribution is -0.392. The van der Waals surface area contributed by atoms with E-state index in [4.69, 9.17) is 0 Å². The summed E-state index contributed by atoms with van der Waals surface area (Å²) in [5.41, 5.74) is 1.84. The van der Waals surface area contributed by atoms with Gasteiger partial charge in [-0.25, -0.2) is 0 Å². The van der Waals surface area contributed by atoms with Crippen molar-refractivity contribution < 1.29 is 0 Å². The topological polar surface area (TPSA) is 0 Å². The second-order valence-electron chi connectivity index (χ2n) is 13.8. The maximum absolute atomic E-state index is 2.68. The first-order chi connectivity index (χ1) is 11.1. The molecule has 0 heteroatoms. The molecule has 0 nitrogen and oxygen atoms in total. The Bertz CT molecular complexity index is 544. The summed E-state index contributed by atoms with van der Waals surface area (Å²) in [6.45, 7) is 41.4. The molecule has 2 aliphatic rings. The van der Waals surface area contributed by atoms with Crippen molar-refractivity contribution in [3.05, 3.63) is 0 Å². The molecule has 0 heterocycles. The summed E-state index contributed by atoms with van der Waals surface area (Å²) in [6, 6.07) is 0. The van der Waals surface area contributed by atoms with E-state index < -0.39 is 0 Å². The summed E-state index contributed by atoms with van der Waals surface area (Å²) in [7, 11) is 0. The Morgan fingerprint density at radius 2 is 0.538 bits per heavy atom. The lowest BCUT2D eigenvalue weighted by Crippen LogP contribution is -2.81. The average Bonchev–Trinajstić information content (AvgIpc) is 2.48. The quantitative estimate of drug-likeness (QED) is 0.405. The molecule has 2 saturated carbocycles. The summed E-state index contributed by atoms with van der Waals surface area (Å²) in [4.78, 5) is 0. The molecule has 0 aromatic rings. The van der Waals surface area contributed by atoms with Crippen LogP contribution in [0.3, 0.4) is 0 Å². The van der Waals surface area contributed by atoms with E-state index in [9.17, 15) is 0 Å². The van der Waals surface area contributed by atoms with E-state index in [1.165, 1.54) is 0 Å². The molecule has 154 valence electrons. The molecule has 0 bridgehead atoms. The molecule has 0 radical (unpaired) electrons. The van der Waals surface area contributed by atoms with Gasteiger partial charge in [0.2, 0.25) is 0 Å². The van der Waals surface area contributed by atoms with Gasteiger partial charge in [-0.15, -0.1) is 0 Å². The first-order valence-electron chi connectivity index (χ1n) is 11.1. The first kappa shape index (κ1) is 22.3. The van der Waals surface area contributed by atoms with Gasteiger partial charge in [-0.05, 0) is 55.2 Å². The maximum atomic E-state index is 2.68. The Hall–Kier alpha value is 0. The Morgan fingerprint density at radius 3 is 0.731 bits per heavy atom. The van der Waals surface area contributed by atoms with Crippen LogP contribution in [-0.2, 0) is 0 Å². The maximum Gasteiger partial charge on any atom is -0.0151 e. The van der Waals surface area contributed by atoms with E-state index in [-0.39, 0.29) is 43.3 Å². The van der Waals surface area contributed by atoms with Gasteiger partial charge < -0.3 is 0 Å². The van der Waals surface area contributed by atoms with Gasteiger partial charge in [-0.2, -0.15) is 0 Å². The van der Waals surface area contributed by atoms with Gasteiger partial charge in [0.15, 0.2) is 0 Å². The van der Waals surface area contributed by atoms with Crippen LogP contribution in [-0.4, -0.2) is 0 Å². The van der Waals surface area contributed by atoms with E-state index in [2.05, 4.69) is 111 Å². The second-order valence-corrected chi connectivity index (χ2v) is 13.8. The highest BCUT2D eigenvalue weighted by molar-refractivity contribution is 5.30. The Balaban J connectivity index is 3.12. The summed E-state index contributed by atoms with van der Waals surface area (Å²) in [6.07, 6.45) is 0. The third-order valence-corrected chi connectivity index (χ3v) is 13.8. The Kier molecular flexibility index (Phi) is 4.23. The first-order valence-corrected chi connectivity index (χ1v) is 11.1. The lowest BCUT2D eigenvalue weighted by Gasteiger charge is -2.86. The monoisotopic (exact) mass is 362 g/mol. The van der Waals surface area contributed by atoms with Gasteiger partial charge in [0.05, 0.1) is 0 Å². The van der Waals surface area contributed by atoms with Crippen molar-refractivity contribution in [3.63, 3.8) is 0 Å². The highest BCUT2D eigenvalue weighted by atomic mass is 14.9. The Labute approximate surface area is 166 Å². The summed E-state index contributed by atoms with van der Waals surface area (Å²) in [5.74, 6) is 1.39. The fourth-order valence-electron chi connectivity index (χ4n) is 9.12. The van der Waals surface area contributed by atoms with E-state index in [1.54, 1.807) is 0 Å². The largest absolute Gasteiger partial charge is 0.0617 e. The fourth-order valence-corrected chi connectivity index (χ4v) is 9.12. The van der Waals surface area contributed by atoms with Gasteiger partial charge in [0.1, 0.15) is 0 Å². The predicted molar refractivity (Wildman–Crippen MR) is 117 cm³/mol. The molecule has 0 N–H and O–H groups in total. The van der Waals surface area contributed by atoms with Crippen molar-refractivity contribution in [2.75, 3.05) is 0 Å². The van der Waals surface area contributed by atoms with Crippen molar-refractivity contribution in [2.45, 2.75) is 111 Å². The van der Waals surface area contributed by atoms with Gasteiger partial charge >= 0.3 is 0 Å². The number of hydrogen-bond acceptors (Lipinski definition) is 0. The van der Waals surface area contributed by atoms with Crippen LogP contribution >= 0.6 is 0 Å². The molecule has 26 heavy (non-hydrogen) atoms. The van der Waals surface area contributed by atoms with Crippen LogP contribution in [0.4, 0.5) is 0 Å². The average molecular weight is 363 g/mol. The van der Waals surface area contributed by atoms with E-state index in [0.29, 0.717) is 11.8 Å². The summed E-state index contributed by atoms with van der Waals surface area (Å²) < 4.78 is 0. The predicted octanol–water partition coefficient (Wildman–Crippen LogP) is 8.46. The minimum absolute atomic E-state index is 0.211. The van der Waals surface area contributed by atoms with E-state index >= 15 is 0 Å². The normalized spacial score (nSPS) is 47.1. The molecule has 0 aromatic carbocycles. The number of hydrogen-bond donors (Lipinski definition) is 0. The van der Waals surface area contributed by atoms with Crippen LogP contribution in [0.1, 0.15) is 111 Å². The molecule has 0 saturated heterocycles. The van der Waals surface area contributed by atoms with Crippen molar-refractivity contribution >= 4 is 0 Å². The van der Waals surface area contributed by atoms with E-state index in [1.807, 2.05) is 0 Å². The van der Waals surface area contributed by atoms with Crippen molar-refractivity contribution in [1.82, 2.24) is 0 Å². The second kappa shape index (κ2) is 4.94. The van der Waals surface area contributed by atoms with Crippen LogP contribution in [0.15, 0.2) is 0 Å². The zero-order valence-corrected chi connectivity index (χ0v) is 21.2. The molecule has 2 fully saturated rings. The van der Waals surface area contributed by atoms with Crippen molar-refractivity contribution in [2.24, 2.45) is 55.2 Å². The SMILES string of the molecule is CC1C(C)C(C)(C)C2(C)C(C)(C)C(C)(C)C(C)(C)C(C)(C)C2(C)C1(C)C. The summed E-state index contributed by atoms with van der Waals surface area (Å²) >= 11 is 0. The summed E-state index contributed by atoms with van der Waals surface area (Å²) in [5, 5.41) is 0. The van der Waals surface area contributed by atoms with Gasteiger partial charge in [-0.3, -0.25) is 0 Å². The number of rotatable bonds is 0. The van der Waals surface area contributed by atoms with Crippen LogP contribution in [0.5, 0.6) is 0 Å². The zero-order valence-electron chi connectivity index (χ0n) is 21.2.